The van der Waals surface area contributed by atoms with Crippen LogP contribution in [0.5, 0.6) is 0 Å². The van der Waals surface area contributed by atoms with E-state index in [1.165, 1.54) is 10.7 Å². The minimum Gasteiger partial charge on any atom is -0.341 e. The number of piperidine rings is 1. The SMILES string of the molecule is CC1CCN(C(=O)Cn2ncc3c4ccccc4n(Cc4ccccc4F)c3c2=O)CC1. The van der Waals surface area contributed by atoms with E-state index in [0.29, 0.717) is 35.5 Å². The largest absolute Gasteiger partial charge is 0.341 e. The van der Waals surface area contributed by atoms with Crippen LogP contribution in [0.1, 0.15) is 25.3 Å². The van der Waals surface area contributed by atoms with Crippen molar-refractivity contribution in [1.82, 2.24) is 19.2 Å². The molecule has 2 aromatic carbocycles. The highest BCUT2D eigenvalue weighted by atomic mass is 19.1. The molecule has 1 saturated heterocycles. The molecule has 3 heterocycles. The zero-order chi connectivity index (χ0) is 22.2. The van der Waals surface area contributed by atoms with E-state index in [1.54, 1.807) is 24.4 Å². The second-order valence-electron chi connectivity index (χ2n) is 8.63. The summed E-state index contributed by atoms with van der Waals surface area (Å²) in [6.07, 6.45) is 3.59. The number of hydrogen-bond acceptors (Lipinski definition) is 3. The van der Waals surface area contributed by atoms with E-state index in [0.717, 1.165) is 23.7 Å². The van der Waals surface area contributed by atoms with Gasteiger partial charge in [-0.25, -0.2) is 9.07 Å². The van der Waals surface area contributed by atoms with Gasteiger partial charge in [0.2, 0.25) is 5.91 Å². The van der Waals surface area contributed by atoms with Crippen LogP contribution in [0.3, 0.4) is 0 Å². The fourth-order valence-electron chi connectivity index (χ4n) is 4.55. The molecule has 6 nitrogen and oxygen atoms in total. The Bertz CT molecular complexity index is 1370. The Morgan fingerprint density at radius 1 is 1.06 bits per heavy atom. The number of carbonyl (C=O) groups excluding carboxylic acids is 1. The zero-order valence-corrected chi connectivity index (χ0v) is 18.0. The monoisotopic (exact) mass is 432 g/mol. The highest BCUT2D eigenvalue weighted by Crippen LogP contribution is 2.27. The van der Waals surface area contributed by atoms with Crippen LogP contribution in [0.15, 0.2) is 59.5 Å². The van der Waals surface area contributed by atoms with Gasteiger partial charge in [0.15, 0.2) is 0 Å². The van der Waals surface area contributed by atoms with E-state index >= 15 is 0 Å². The third-order valence-corrected chi connectivity index (χ3v) is 6.48. The molecule has 1 fully saturated rings. The van der Waals surface area contributed by atoms with Crippen LogP contribution in [-0.4, -0.2) is 38.2 Å². The summed E-state index contributed by atoms with van der Waals surface area (Å²) >= 11 is 0. The Kier molecular flexibility index (Phi) is 5.25. The second-order valence-corrected chi connectivity index (χ2v) is 8.63. The van der Waals surface area contributed by atoms with E-state index in [2.05, 4.69) is 12.0 Å². The maximum atomic E-state index is 14.4. The summed E-state index contributed by atoms with van der Waals surface area (Å²) in [6.45, 7) is 3.74. The van der Waals surface area contributed by atoms with E-state index in [-0.39, 0.29) is 30.4 Å². The average Bonchev–Trinajstić information content (AvgIpc) is 3.12. The van der Waals surface area contributed by atoms with Crippen LogP contribution in [0, 0.1) is 11.7 Å². The molecule has 0 spiro atoms. The molecule has 0 saturated carbocycles. The summed E-state index contributed by atoms with van der Waals surface area (Å²) < 4.78 is 17.5. The number of amides is 1. The molecule has 0 aliphatic carbocycles. The van der Waals surface area contributed by atoms with Gasteiger partial charge in [-0.15, -0.1) is 0 Å². The first-order valence-corrected chi connectivity index (χ1v) is 11.0. The maximum Gasteiger partial charge on any atom is 0.291 e. The van der Waals surface area contributed by atoms with Crippen molar-refractivity contribution in [3.8, 4) is 0 Å². The number of carbonyl (C=O) groups is 1. The van der Waals surface area contributed by atoms with Gasteiger partial charge in [0.1, 0.15) is 17.9 Å². The first-order chi connectivity index (χ1) is 15.5. The smallest absolute Gasteiger partial charge is 0.291 e. The standard InChI is InChI=1S/C25H25FN4O2/c1-17-10-12-28(13-11-17)23(31)16-30-25(32)24-20(14-27-30)19-7-3-5-9-22(19)29(24)15-18-6-2-4-8-21(18)26/h2-9,14,17H,10-13,15-16H2,1H3. The summed E-state index contributed by atoms with van der Waals surface area (Å²) in [5.74, 6) is 0.204. The molecule has 2 aromatic heterocycles. The average molecular weight is 432 g/mol. The fraction of sp³-hybridized carbons (Fsp3) is 0.320. The van der Waals surface area contributed by atoms with Crippen molar-refractivity contribution in [2.45, 2.75) is 32.9 Å². The maximum absolute atomic E-state index is 14.4. The summed E-state index contributed by atoms with van der Waals surface area (Å²) in [5.41, 5.74) is 1.42. The third kappa shape index (κ3) is 3.57. The quantitative estimate of drug-likeness (QED) is 0.493. The van der Waals surface area contributed by atoms with Crippen molar-refractivity contribution in [3.05, 3.63) is 76.5 Å². The van der Waals surface area contributed by atoms with E-state index in [1.807, 2.05) is 33.7 Å². The molecule has 7 heteroatoms. The second kappa shape index (κ2) is 8.22. The number of hydrogen-bond donors (Lipinski definition) is 0. The van der Waals surface area contributed by atoms with Crippen molar-refractivity contribution >= 4 is 27.7 Å². The number of nitrogens with zero attached hydrogens (tertiary/aromatic N) is 4. The molecule has 0 atom stereocenters. The molecule has 1 aliphatic heterocycles. The van der Waals surface area contributed by atoms with Crippen LogP contribution in [0.25, 0.3) is 21.8 Å². The van der Waals surface area contributed by atoms with E-state index < -0.39 is 0 Å². The summed E-state index contributed by atoms with van der Waals surface area (Å²) in [5, 5.41) is 5.90. The molecular formula is C25H25FN4O2. The summed E-state index contributed by atoms with van der Waals surface area (Å²) in [4.78, 5) is 28.1. The zero-order valence-electron chi connectivity index (χ0n) is 18.0. The highest BCUT2D eigenvalue weighted by Gasteiger charge is 2.22. The molecule has 0 bridgehead atoms. The van der Waals surface area contributed by atoms with Gasteiger partial charge in [0.05, 0.1) is 12.7 Å². The molecule has 0 radical (unpaired) electrons. The van der Waals surface area contributed by atoms with Gasteiger partial charge in [-0.3, -0.25) is 9.59 Å². The van der Waals surface area contributed by atoms with E-state index in [4.69, 9.17) is 0 Å². The Labute approximate surface area is 184 Å². The van der Waals surface area contributed by atoms with Crippen LogP contribution < -0.4 is 5.56 Å². The minimum atomic E-state index is -0.339. The molecule has 164 valence electrons. The number of rotatable bonds is 4. The van der Waals surface area contributed by atoms with Gasteiger partial charge >= 0.3 is 0 Å². The van der Waals surface area contributed by atoms with Gasteiger partial charge in [-0.2, -0.15) is 5.10 Å². The van der Waals surface area contributed by atoms with Crippen LogP contribution >= 0.6 is 0 Å². The number of para-hydroxylation sites is 1. The Hall–Kier alpha value is -3.48. The van der Waals surface area contributed by atoms with Gasteiger partial charge in [-0.05, 0) is 30.9 Å². The fourth-order valence-corrected chi connectivity index (χ4v) is 4.55. The molecule has 0 unspecified atom stereocenters. The highest BCUT2D eigenvalue weighted by molar-refractivity contribution is 6.07. The Morgan fingerprint density at radius 2 is 1.78 bits per heavy atom. The number of aromatic nitrogens is 3. The molecule has 5 rings (SSSR count). The van der Waals surface area contributed by atoms with Crippen molar-refractivity contribution in [2.24, 2.45) is 5.92 Å². The number of likely N-dealkylation sites (tertiary alicyclic amines) is 1. The predicted octanol–water partition coefficient (Wildman–Crippen LogP) is 3.80. The topological polar surface area (TPSA) is 60.1 Å². The lowest BCUT2D eigenvalue weighted by molar-refractivity contribution is -0.133. The molecule has 32 heavy (non-hydrogen) atoms. The molecule has 0 N–H and O–H groups in total. The number of fused-ring (bicyclic) bond motifs is 3. The minimum absolute atomic E-state index is 0.0929. The number of benzene rings is 2. The van der Waals surface area contributed by atoms with Gasteiger partial charge < -0.3 is 9.47 Å². The lowest BCUT2D eigenvalue weighted by Gasteiger charge is -2.30. The third-order valence-electron chi connectivity index (χ3n) is 6.48. The van der Waals surface area contributed by atoms with Crippen LogP contribution in [0.4, 0.5) is 4.39 Å². The molecular weight excluding hydrogens is 407 g/mol. The normalized spacial score (nSPS) is 15.0. The lowest BCUT2D eigenvalue weighted by atomic mass is 9.99. The van der Waals surface area contributed by atoms with Gasteiger partial charge in [-0.1, -0.05) is 43.3 Å². The first-order valence-electron chi connectivity index (χ1n) is 11.0. The number of halogens is 1. The lowest BCUT2D eigenvalue weighted by Crippen LogP contribution is -2.41. The predicted molar refractivity (Wildman–Crippen MR) is 122 cm³/mol. The molecule has 4 aromatic rings. The van der Waals surface area contributed by atoms with E-state index in [9.17, 15) is 14.0 Å². The van der Waals surface area contributed by atoms with Crippen LogP contribution in [0.2, 0.25) is 0 Å². The molecule has 1 aliphatic rings. The van der Waals surface area contributed by atoms with Gasteiger partial charge in [0.25, 0.3) is 5.56 Å². The summed E-state index contributed by atoms with van der Waals surface area (Å²) in [6, 6.07) is 14.2. The molecule has 1 amide bonds. The summed E-state index contributed by atoms with van der Waals surface area (Å²) in [7, 11) is 0. The first kappa shape index (κ1) is 20.4. The van der Waals surface area contributed by atoms with Crippen molar-refractivity contribution < 1.29 is 9.18 Å². The Morgan fingerprint density at radius 3 is 2.56 bits per heavy atom. The van der Waals surface area contributed by atoms with Crippen molar-refractivity contribution in [1.29, 1.82) is 0 Å². The van der Waals surface area contributed by atoms with Crippen molar-refractivity contribution in [3.63, 3.8) is 0 Å². The van der Waals surface area contributed by atoms with Crippen LogP contribution in [-0.2, 0) is 17.9 Å². The Balaban J connectivity index is 1.58. The van der Waals surface area contributed by atoms with Gasteiger partial charge in [0, 0.05) is 34.9 Å². The van der Waals surface area contributed by atoms with Crippen molar-refractivity contribution in [2.75, 3.05) is 13.1 Å².